The largest absolute Gasteiger partial charge is 0.504 e. The molecule has 0 aliphatic carbocycles. The van der Waals surface area contributed by atoms with Crippen LogP contribution < -0.4 is 4.74 Å². The van der Waals surface area contributed by atoms with Gasteiger partial charge in [0.05, 0.1) is 27.5 Å². The van der Waals surface area contributed by atoms with Crippen molar-refractivity contribution in [3.05, 3.63) is 70.2 Å². The second-order valence-corrected chi connectivity index (χ2v) is 8.06. The Morgan fingerprint density at radius 2 is 1.97 bits per heavy atom. The SMILES string of the molecule is CCOc1cc(Cl)cc(C=Nc2ccc(Cl)c(-c3nc4ccccc4s3)c2)c1O. The molecule has 146 valence electrons. The van der Waals surface area contributed by atoms with Crippen LogP contribution in [0.1, 0.15) is 12.5 Å². The van der Waals surface area contributed by atoms with E-state index in [9.17, 15) is 5.11 Å². The molecule has 0 atom stereocenters. The summed E-state index contributed by atoms with van der Waals surface area (Å²) in [5.74, 6) is 0.327. The van der Waals surface area contributed by atoms with E-state index in [0.29, 0.717) is 33.7 Å². The van der Waals surface area contributed by atoms with Crippen LogP contribution >= 0.6 is 34.5 Å². The zero-order valence-corrected chi connectivity index (χ0v) is 17.7. The molecule has 4 nitrogen and oxygen atoms in total. The summed E-state index contributed by atoms with van der Waals surface area (Å²) in [5, 5.41) is 12.3. The molecule has 7 heteroatoms. The molecule has 0 aliphatic heterocycles. The second kappa shape index (κ2) is 8.41. The minimum absolute atomic E-state index is 0.000333. The highest BCUT2D eigenvalue weighted by atomic mass is 35.5. The molecular formula is C22H16Cl2N2O2S. The molecule has 0 amide bonds. The van der Waals surface area contributed by atoms with Crippen LogP contribution in [0.25, 0.3) is 20.8 Å². The van der Waals surface area contributed by atoms with Crippen molar-refractivity contribution in [1.29, 1.82) is 0 Å². The van der Waals surface area contributed by atoms with E-state index in [-0.39, 0.29) is 5.75 Å². The Morgan fingerprint density at radius 1 is 1.14 bits per heavy atom. The van der Waals surface area contributed by atoms with Crippen molar-refractivity contribution in [3.8, 4) is 22.1 Å². The summed E-state index contributed by atoms with van der Waals surface area (Å²) in [4.78, 5) is 9.15. The normalized spacial score (nSPS) is 11.4. The molecule has 0 bridgehead atoms. The van der Waals surface area contributed by atoms with Crippen molar-refractivity contribution in [2.24, 2.45) is 4.99 Å². The molecule has 1 N–H and O–H groups in total. The van der Waals surface area contributed by atoms with Gasteiger partial charge in [-0.3, -0.25) is 4.99 Å². The Balaban J connectivity index is 1.69. The van der Waals surface area contributed by atoms with Gasteiger partial charge in [-0.1, -0.05) is 35.3 Å². The Bertz CT molecular complexity index is 1190. The highest BCUT2D eigenvalue weighted by Gasteiger charge is 2.12. The molecule has 0 fully saturated rings. The van der Waals surface area contributed by atoms with Crippen LogP contribution in [0.4, 0.5) is 5.69 Å². The fourth-order valence-corrected chi connectivity index (χ4v) is 4.32. The second-order valence-electron chi connectivity index (χ2n) is 6.18. The van der Waals surface area contributed by atoms with E-state index in [1.165, 1.54) is 0 Å². The average molecular weight is 443 g/mol. The minimum Gasteiger partial charge on any atom is -0.504 e. The standard InChI is InChI=1S/C22H16Cl2N2O2S/c1-2-28-19-10-14(23)9-13(21(19)27)12-25-15-7-8-17(24)16(11-15)22-26-18-5-3-4-6-20(18)29-22/h3-12,27H,2H2,1H3. The molecule has 0 aliphatic rings. The number of aromatic hydroxyl groups is 1. The van der Waals surface area contributed by atoms with E-state index in [2.05, 4.69) is 9.98 Å². The summed E-state index contributed by atoms with van der Waals surface area (Å²) in [5.41, 5.74) is 2.90. The van der Waals surface area contributed by atoms with Gasteiger partial charge >= 0.3 is 0 Å². The van der Waals surface area contributed by atoms with Crippen LogP contribution in [0, 0.1) is 0 Å². The number of ether oxygens (including phenoxy) is 1. The van der Waals surface area contributed by atoms with Crippen molar-refractivity contribution in [2.45, 2.75) is 6.92 Å². The number of phenols is 1. The number of hydrogen-bond acceptors (Lipinski definition) is 5. The molecule has 29 heavy (non-hydrogen) atoms. The van der Waals surface area contributed by atoms with Gasteiger partial charge in [-0.2, -0.15) is 0 Å². The Labute approximate surface area is 182 Å². The zero-order valence-electron chi connectivity index (χ0n) is 15.4. The lowest BCUT2D eigenvalue weighted by Crippen LogP contribution is -1.94. The quantitative estimate of drug-likeness (QED) is 0.334. The first-order valence-corrected chi connectivity index (χ1v) is 10.5. The monoisotopic (exact) mass is 442 g/mol. The topological polar surface area (TPSA) is 54.7 Å². The van der Waals surface area contributed by atoms with Crippen molar-refractivity contribution in [1.82, 2.24) is 4.98 Å². The number of fused-ring (bicyclic) bond motifs is 1. The number of benzene rings is 3. The number of nitrogens with zero attached hydrogens (tertiary/aromatic N) is 2. The molecule has 0 saturated carbocycles. The number of thiazole rings is 1. The van der Waals surface area contributed by atoms with Gasteiger partial charge in [0.1, 0.15) is 5.01 Å². The van der Waals surface area contributed by atoms with Gasteiger partial charge in [-0.05, 0) is 43.3 Å². The van der Waals surface area contributed by atoms with Crippen LogP contribution in [0.15, 0.2) is 59.6 Å². The smallest absolute Gasteiger partial charge is 0.166 e. The van der Waals surface area contributed by atoms with E-state index < -0.39 is 0 Å². The molecule has 3 aromatic carbocycles. The van der Waals surface area contributed by atoms with Crippen molar-refractivity contribution in [2.75, 3.05) is 6.61 Å². The summed E-state index contributed by atoms with van der Waals surface area (Å²) in [6.07, 6.45) is 1.55. The Hall–Kier alpha value is -2.60. The summed E-state index contributed by atoms with van der Waals surface area (Å²) >= 11 is 14.1. The first kappa shape index (κ1) is 19.7. The predicted octanol–water partition coefficient (Wildman–Crippen LogP) is 7.13. The highest BCUT2D eigenvalue weighted by molar-refractivity contribution is 7.21. The number of phenolic OH excluding ortho intramolecular Hbond substituents is 1. The number of aromatic nitrogens is 1. The summed E-state index contributed by atoms with van der Waals surface area (Å²) < 4.78 is 6.51. The third kappa shape index (κ3) is 4.22. The Kier molecular flexibility index (Phi) is 5.72. The molecule has 0 radical (unpaired) electrons. The number of para-hydroxylation sites is 1. The van der Waals surface area contributed by atoms with Crippen molar-refractivity contribution in [3.63, 3.8) is 0 Å². The van der Waals surface area contributed by atoms with E-state index >= 15 is 0 Å². The zero-order chi connectivity index (χ0) is 20.4. The highest BCUT2D eigenvalue weighted by Crippen LogP contribution is 2.37. The maximum Gasteiger partial charge on any atom is 0.166 e. The summed E-state index contributed by atoms with van der Waals surface area (Å²) in [6, 6.07) is 16.6. The lowest BCUT2D eigenvalue weighted by atomic mass is 10.2. The van der Waals surface area contributed by atoms with E-state index in [1.807, 2.05) is 37.3 Å². The van der Waals surface area contributed by atoms with E-state index in [0.717, 1.165) is 20.8 Å². The minimum atomic E-state index is 0.000333. The molecule has 0 unspecified atom stereocenters. The van der Waals surface area contributed by atoms with Crippen LogP contribution in [0.3, 0.4) is 0 Å². The van der Waals surface area contributed by atoms with Crippen molar-refractivity contribution < 1.29 is 9.84 Å². The number of halogens is 2. The summed E-state index contributed by atoms with van der Waals surface area (Å²) in [7, 11) is 0. The van der Waals surface area contributed by atoms with Crippen LogP contribution in [-0.4, -0.2) is 22.9 Å². The number of rotatable bonds is 5. The summed E-state index contributed by atoms with van der Waals surface area (Å²) in [6.45, 7) is 2.26. The maximum absolute atomic E-state index is 10.4. The fourth-order valence-electron chi connectivity index (χ4n) is 2.85. The first-order chi connectivity index (χ1) is 14.0. The Morgan fingerprint density at radius 3 is 2.76 bits per heavy atom. The lowest BCUT2D eigenvalue weighted by Gasteiger charge is -2.08. The fraction of sp³-hybridized carbons (Fsp3) is 0.0909. The third-order valence-electron chi connectivity index (χ3n) is 4.20. The first-order valence-electron chi connectivity index (χ1n) is 8.90. The molecule has 1 heterocycles. The lowest BCUT2D eigenvalue weighted by molar-refractivity contribution is 0.318. The number of hydrogen-bond donors (Lipinski definition) is 1. The van der Waals surface area contributed by atoms with Gasteiger partial charge in [-0.25, -0.2) is 4.98 Å². The van der Waals surface area contributed by atoms with Crippen molar-refractivity contribution >= 4 is 56.7 Å². The molecule has 4 aromatic rings. The molecule has 0 saturated heterocycles. The molecular weight excluding hydrogens is 427 g/mol. The van der Waals surface area contributed by atoms with Crippen LogP contribution in [0.5, 0.6) is 11.5 Å². The molecule has 0 spiro atoms. The van der Waals surface area contributed by atoms with Gasteiger partial charge < -0.3 is 9.84 Å². The van der Waals surface area contributed by atoms with Crippen LogP contribution in [0.2, 0.25) is 10.0 Å². The van der Waals surface area contributed by atoms with Gasteiger partial charge in [0.2, 0.25) is 0 Å². The van der Waals surface area contributed by atoms with Gasteiger partial charge in [0.25, 0.3) is 0 Å². The maximum atomic E-state index is 10.4. The van der Waals surface area contributed by atoms with Crippen LogP contribution in [-0.2, 0) is 0 Å². The average Bonchev–Trinajstić information content (AvgIpc) is 3.14. The van der Waals surface area contributed by atoms with Gasteiger partial charge in [0, 0.05) is 28.4 Å². The van der Waals surface area contributed by atoms with Gasteiger partial charge in [0.15, 0.2) is 11.5 Å². The van der Waals surface area contributed by atoms with Gasteiger partial charge in [-0.15, -0.1) is 11.3 Å². The van der Waals surface area contributed by atoms with E-state index in [1.54, 1.807) is 41.8 Å². The van der Waals surface area contributed by atoms with E-state index in [4.69, 9.17) is 27.9 Å². The number of aliphatic imine (C=N–C) groups is 1. The molecule has 1 aromatic heterocycles. The molecule has 4 rings (SSSR count). The third-order valence-corrected chi connectivity index (χ3v) is 5.81. The predicted molar refractivity (Wildman–Crippen MR) is 122 cm³/mol.